The van der Waals surface area contributed by atoms with E-state index in [1.54, 1.807) is 0 Å². The van der Waals surface area contributed by atoms with Gasteiger partial charge in [-0.2, -0.15) is 0 Å². The molecule has 0 saturated carbocycles. The molecule has 2 heteroatoms. The topological polar surface area (TPSA) is 25.2 Å². The van der Waals surface area contributed by atoms with Crippen LogP contribution in [0.3, 0.4) is 0 Å². The SMILES string of the molecule is CC1C=CC(C(c2cccnc2)C(C)C)=CN=C1. The molecule has 18 heavy (non-hydrogen) atoms. The maximum atomic E-state index is 4.39. The molecule has 1 aromatic rings. The van der Waals surface area contributed by atoms with E-state index in [9.17, 15) is 0 Å². The van der Waals surface area contributed by atoms with Crippen LogP contribution in [0.5, 0.6) is 0 Å². The molecule has 1 aromatic heterocycles. The molecule has 2 atom stereocenters. The van der Waals surface area contributed by atoms with Gasteiger partial charge in [-0.25, -0.2) is 0 Å². The molecular formula is C16H20N2. The summed E-state index contributed by atoms with van der Waals surface area (Å²) in [4.78, 5) is 8.62. The first-order chi connectivity index (χ1) is 8.68. The lowest BCUT2D eigenvalue weighted by Gasteiger charge is -2.22. The van der Waals surface area contributed by atoms with Crippen molar-refractivity contribution < 1.29 is 0 Å². The molecule has 0 fully saturated rings. The van der Waals surface area contributed by atoms with E-state index in [4.69, 9.17) is 0 Å². The van der Waals surface area contributed by atoms with Crippen molar-refractivity contribution in [1.82, 2.24) is 4.98 Å². The fourth-order valence-electron chi connectivity index (χ4n) is 2.33. The van der Waals surface area contributed by atoms with Gasteiger partial charge in [0.25, 0.3) is 0 Å². The van der Waals surface area contributed by atoms with Gasteiger partial charge in [-0.05, 0) is 23.1 Å². The lowest BCUT2D eigenvalue weighted by molar-refractivity contribution is 0.560. The largest absolute Gasteiger partial charge is 0.268 e. The average molecular weight is 240 g/mol. The Labute approximate surface area is 109 Å². The van der Waals surface area contributed by atoms with Gasteiger partial charge in [-0.15, -0.1) is 0 Å². The van der Waals surface area contributed by atoms with Crippen LogP contribution in [0.2, 0.25) is 0 Å². The lowest BCUT2D eigenvalue weighted by atomic mass is 9.83. The zero-order chi connectivity index (χ0) is 13.0. The Hall–Kier alpha value is -1.70. The second-order valence-corrected chi connectivity index (χ2v) is 5.15. The van der Waals surface area contributed by atoms with Gasteiger partial charge in [0.15, 0.2) is 0 Å². The van der Waals surface area contributed by atoms with E-state index in [1.165, 1.54) is 11.1 Å². The molecule has 2 nitrogen and oxygen atoms in total. The highest BCUT2D eigenvalue weighted by Crippen LogP contribution is 2.33. The molecule has 0 bridgehead atoms. The van der Waals surface area contributed by atoms with E-state index in [1.807, 2.05) is 30.9 Å². The summed E-state index contributed by atoms with van der Waals surface area (Å²) in [6.07, 6.45) is 12.1. The van der Waals surface area contributed by atoms with Crippen molar-refractivity contribution in [1.29, 1.82) is 0 Å². The summed E-state index contributed by atoms with van der Waals surface area (Å²) in [7, 11) is 0. The van der Waals surface area contributed by atoms with E-state index in [0.717, 1.165) is 0 Å². The average Bonchev–Trinajstić information content (AvgIpc) is 2.56. The van der Waals surface area contributed by atoms with Crippen LogP contribution in [0.4, 0.5) is 0 Å². The summed E-state index contributed by atoms with van der Waals surface area (Å²) in [5.41, 5.74) is 2.52. The second kappa shape index (κ2) is 5.76. The van der Waals surface area contributed by atoms with Crippen molar-refractivity contribution in [2.45, 2.75) is 26.7 Å². The minimum Gasteiger partial charge on any atom is -0.268 e. The minimum atomic E-state index is 0.359. The van der Waals surface area contributed by atoms with Crippen molar-refractivity contribution in [3.05, 3.63) is 54.0 Å². The number of hydrogen-bond acceptors (Lipinski definition) is 2. The van der Waals surface area contributed by atoms with Crippen LogP contribution in [0.1, 0.15) is 32.3 Å². The zero-order valence-corrected chi connectivity index (χ0v) is 11.2. The number of aromatic nitrogens is 1. The predicted molar refractivity (Wildman–Crippen MR) is 76.7 cm³/mol. The molecule has 2 rings (SSSR count). The highest BCUT2D eigenvalue weighted by Gasteiger charge is 2.19. The number of hydrogen-bond donors (Lipinski definition) is 0. The quantitative estimate of drug-likeness (QED) is 0.784. The third-order valence-electron chi connectivity index (χ3n) is 3.21. The first-order valence-corrected chi connectivity index (χ1v) is 6.50. The first-order valence-electron chi connectivity index (χ1n) is 6.50. The molecule has 2 heterocycles. The van der Waals surface area contributed by atoms with Crippen molar-refractivity contribution in [3.8, 4) is 0 Å². The van der Waals surface area contributed by atoms with Gasteiger partial charge < -0.3 is 0 Å². The van der Waals surface area contributed by atoms with Crippen LogP contribution in [0.25, 0.3) is 0 Å². The molecule has 0 spiro atoms. The Morgan fingerprint density at radius 2 is 2.11 bits per heavy atom. The summed E-state index contributed by atoms with van der Waals surface area (Å²) >= 11 is 0. The standard InChI is InChI=1S/C16H20N2/c1-12(2)16(14-5-4-8-17-10-14)15-7-6-13(3)9-18-11-15/h4-13,16H,1-3H3. The molecule has 0 N–H and O–H groups in total. The second-order valence-electron chi connectivity index (χ2n) is 5.15. The van der Waals surface area contributed by atoms with E-state index in [2.05, 4.69) is 49.0 Å². The van der Waals surface area contributed by atoms with Crippen molar-refractivity contribution in [3.63, 3.8) is 0 Å². The molecule has 0 radical (unpaired) electrons. The first kappa shape index (κ1) is 12.7. The maximum absolute atomic E-state index is 4.39. The van der Waals surface area contributed by atoms with E-state index in [0.29, 0.717) is 17.8 Å². The maximum Gasteiger partial charge on any atom is 0.0306 e. The normalized spacial score (nSPS) is 20.7. The van der Waals surface area contributed by atoms with E-state index in [-0.39, 0.29) is 0 Å². The number of rotatable bonds is 3. The van der Waals surface area contributed by atoms with Gasteiger partial charge >= 0.3 is 0 Å². The lowest BCUT2D eigenvalue weighted by Crippen LogP contribution is -2.09. The Balaban J connectivity index is 2.35. The smallest absolute Gasteiger partial charge is 0.0306 e. The van der Waals surface area contributed by atoms with Crippen LogP contribution in [0, 0.1) is 11.8 Å². The summed E-state index contributed by atoms with van der Waals surface area (Å²) in [5, 5.41) is 0. The predicted octanol–water partition coefficient (Wildman–Crippen LogP) is 3.98. The van der Waals surface area contributed by atoms with Gasteiger partial charge in [-0.1, -0.05) is 39.0 Å². The van der Waals surface area contributed by atoms with Crippen molar-refractivity contribution in [2.75, 3.05) is 0 Å². The number of pyridine rings is 1. The number of nitrogens with zero attached hydrogens (tertiary/aromatic N) is 2. The Morgan fingerprint density at radius 1 is 1.28 bits per heavy atom. The Bertz CT molecular complexity index is 469. The van der Waals surface area contributed by atoms with Gasteiger partial charge in [0, 0.05) is 36.6 Å². The third-order valence-corrected chi connectivity index (χ3v) is 3.21. The molecule has 1 aliphatic heterocycles. The van der Waals surface area contributed by atoms with E-state index < -0.39 is 0 Å². The van der Waals surface area contributed by atoms with Crippen molar-refractivity contribution in [2.24, 2.45) is 16.8 Å². The Kier molecular flexibility index (Phi) is 4.08. The van der Waals surface area contributed by atoms with E-state index >= 15 is 0 Å². The van der Waals surface area contributed by atoms with Crippen LogP contribution < -0.4 is 0 Å². The Morgan fingerprint density at radius 3 is 2.78 bits per heavy atom. The molecular weight excluding hydrogens is 220 g/mol. The van der Waals surface area contributed by atoms with Gasteiger partial charge in [0.2, 0.25) is 0 Å². The van der Waals surface area contributed by atoms with Gasteiger partial charge in [0.1, 0.15) is 0 Å². The monoisotopic (exact) mass is 240 g/mol. The molecule has 0 aliphatic carbocycles. The molecule has 2 unspecified atom stereocenters. The van der Waals surface area contributed by atoms with Crippen molar-refractivity contribution >= 4 is 6.21 Å². The minimum absolute atomic E-state index is 0.359. The van der Waals surface area contributed by atoms with Crippen LogP contribution in [0.15, 0.2) is 53.4 Å². The molecule has 0 saturated heterocycles. The van der Waals surface area contributed by atoms with Crippen LogP contribution >= 0.6 is 0 Å². The zero-order valence-electron chi connectivity index (χ0n) is 11.2. The summed E-state index contributed by atoms with van der Waals surface area (Å²) in [6.45, 7) is 6.62. The molecule has 94 valence electrons. The molecule has 1 aliphatic rings. The third kappa shape index (κ3) is 2.95. The highest BCUT2D eigenvalue weighted by atomic mass is 14.7. The molecule has 0 amide bonds. The number of aliphatic imine (C=N–C) groups is 1. The fourth-order valence-corrected chi connectivity index (χ4v) is 2.33. The van der Waals surface area contributed by atoms with Gasteiger partial charge in [-0.3, -0.25) is 9.98 Å². The van der Waals surface area contributed by atoms with Gasteiger partial charge in [0.05, 0.1) is 0 Å². The fraction of sp³-hybridized carbons (Fsp3) is 0.375. The highest BCUT2D eigenvalue weighted by molar-refractivity contribution is 5.65. The molecule has 0 aromatic carbocycles. The summed E-state index contributed by atoms with van der Waals surface area (Å²) in [5.74, 6) is 1.28. The van der Waals surface area contributed by atoms with Crippen LogP contribution in [-0.2, 0) is 0 Å². The summed E-state index contributed by atoms with van der Waals surface area (Å²) in [6, 6.07) is 4.14. The number of allylic oxidation sites excluding steroid dienone is 3. The van der Waals surface area contributed by atoms with Crippen LogP contribution in [-0.4, -0.2) is 11.2 Å². The summed E-state index contributed by atoms with van der Waals surface area (Å²) < 4.78 is 0.